The highest BCUT2D eigenvalue weighted by Gasteiger charge is 2.61. The van der Waals surface area contributed by atoms with E-state index in [4.69, 9.17) is 20.1 Å². The number of esters is 1. The molecular weight excluding hydrogens is 841 g/mol. The lowest BCUT2D eigenvalue weighted by atomic mass is 9.49. The van der Waals surface area contributed by atoms with Gasteiger partial charge in [0.2, 0.25) is 5.91 Å². The Bertz CT molecular complexity index is 2130. The Balaban J connectivity index is 0.000000116. The molecule has 350 valence electrons. The van der Waals surface area contributed by atoms with Crippen molar-refractivity contribution in [1.82, 2.24) is 28.7 Å². The van der Waals surface area contributed by atoms with Gasteiger partial charge in [0, 0.05) is 72.7 Å². The van der Waals surface area contributed by atoms with Crippen molar-refractivity contribution in [2.75, 3.05) is 26.4 Å². The zero-order chi connectivity index (χ0) is 46.1. The van der Waals surface area contributed by atoms with Crippen molar-refractivity contribution in [1.29, 1.82) is 0 Å². The van der Waals surface area contributed by atoms with Crippen molar-refractivity contribution < 1.29 is 58.7 Å². The van der Waals surface area contributed by atoms with E-state index in [2.05, 4.69) is 15.0 Å². The van der Waals surface area contributed by atoms with Gasteiger partial charge in [-0.3, -0.25) is 42.5 Å². The predicted octanol–water partition coefficient (Wildman–Crippen LogP) is 3.87. The van der Waals surface area contributed by atoms with E-state index in [1.807, 2.05) is 0 Å². The maximum Gasteiger partial charge on any atom is 0.338 e. The highest BCUT2D eigenvalue weighted by atomic mass is 16.5. The number of aliphatic hydroxyl groups is 3. The van der Waals surface area contributed by atoms with Crippen molar-refractivity contribution in [3.63, 3.8) is 0 Å². The molecule has 12 fully saturated rings. The number of aliphatic hydroxyl groups excluding tert-OH is 3. The molecule has 3 aromatic rings. The van der Waals surface area contributed by atoms with E-state index in [1.165, 1.54) is 21.8 Å². The lowest BCUT2D eigenvalue weighted by molar-refractivity contribution is -0.175. The van der Waals surface area contributed by atoms with Gasteiger partial charge >= 0.3 is 18.0 Å². The Kier molecular flexibility index (Phi) is 13.5. The second kappa shape index (κ2) is 19.0. The number of Topliss-reactive ketones (excluding diaryl/α,β-unsaturated/α-hetero) is 3. The molecule has 18 heteroatoms. The third-order valence-electron chi connectivity index (χ3n) is 15.9. The summed E-state index contributed by atoms with van der Waals surface area (Å²) in [6.45, 7) is -0.300. The van der Waals surface area contributed by atoms with Crippen LogP contribution in [0.5, 0.6) is 0 Å². The second-order valence-electron chi connectivity index (χ2n) is 20.2. The average Bonchev–Trinajstić information content (AvgIpc) is 4.14. The van der Waals surface area contributed by atoms with Gasteiger partial charge in [-0.25, -0.2) is 19.7 Å². The predicted molar refractivity (Wildman–Crippen MR) is 226 cm³/mol. The quantitative estimate of drug-likeness (QED) is 0.256. The summed E-state index contributed by atoms with van der Waals surface area (Å²) in [4.78, 5) is 94.7. The maximum absolute atomic E-state index is 12.7. The van der Waals surface area contributed by atoms with Crippen molar-refractivity contribution in [3.8, 4) is 0 Å². The highest BCUT2D eigenvalue weighted by Crippen LogP contribution is 2.61. The van der Waals surface area contributed by atoms with Gasteiger partial charge in [0.05, 0.1) is 36.1 Å². The van der Waals surface area contributed by atoms with Crippen LogP contribution in [0, 0.1) is 69.5 Å². The number of hydrogen-bond acceptors (Lipinski definition) is 14. The number of carbonyl (C=O) groups is 7. The van der Waals surface area contributed by atoms with E-state index in [0.717, 1.165) is 70.6 Å². The summed E-state index contributed by atoms with van der Waals surface area (Å²) < 4.78 is 9.47. The third-order valence-corrected chi connectivity index (χ3v) is 15.9. The fourth-order valence-electron chi connectivity index (χ4n) is 13.8. The Morgan fingerprint density at radius 1 is 0.523 bits per heavy atom. The van der Waals surface area contributed by atoms with Crippen LogP contribution >= 0.6 is 0 Å². The van der Waals surface area contributed by atoms with Gasteiger partial charge in [-0.1, -0.05) is 0 Å². The number of nitrogens with zero attached hydrogens (tertiary/aromatic N) is 6. The average molecular weight is 901 g/mol. The molecule has 4 N–H and O–H groups in total. The minimum absolute atomic E-state index is 0.0779. The number of hydrogen-bond donors (Lipinski definition) is 4. The Hall–Kier alpha value is -5.20. The minimum atomic E-state index is -0.663. The molecule has 12 aliphatic carbocycles. The van der Waals surface area contributed by atoms with E-state index in [0.29, 0.717) is 60.8 Å². The number of carboxylic acid groups (broad SMARTS) is 1. The fraction of sp³-hybridized carbons (Fsp3) is 0.660. The summed E-state index contributed by atoms with van der Waals surface area (Å²) in [5.74, 6) is 2.80. The summed E-state index contributed by atoms with van der Waals surface area (Å²) in [7, 11) is 0. The summed E-state index contributed by atoms with van der Waals surface area (Å²) >= 11 is 0. The number of aromatic nitrogens is 6. The Morgan fingerprint density at radius 2 is 0.877 bits per heavy atom. The second-order valence-corrected chi connectivity index (χ2v) is 20.2. The van der Waals surface area contributed by atoms with Gasteiger partial charge in [-0.2, -0.15) is 0 Å². The van der Waals surface area contributed by atoms with E-state index in [-0.39, 0.29) is 85.3 Å². The van der Waals surface area contributed by atoms with Gasteiger partial charge in [0.15, 0.2) is 0 Å². The molecule has 65 heavy (non-hydrogen) atoms. The number of ether oxygens (including phenoxy) is 1. The molecule has 15 rings (SSSR count). The van der Waals surface area contributed by atoms with Crippen LogP contribution in [0.25, 0.3) is 0 Å². The number of imidazole rings is 3. The standard InChI is InChI=1S/C14H16N2O2.C13H18O4.C11H14O3.C7H6N4O.C2H6O2/c17-12-10-3-9-4-11(12)7-14(5-9,6-10)13(18)16-2-1-15-8-16;14-1-2-17-12(16)13-5-8-3-9(6-13)11(15)10(4-8)7-13;12-9-7-1-6-2-8(9)5-11(3-6,4-7)10(13)14;12-7(10-3-1-8-5-10)11-4-2-9-6-11;3-1-2-4/h1-2,8-11H,3-7H2;8-10,14H,1-7H2;6-8H,1-5H2,(H,13,14);1-6H;3-4H,1-2H2. The highest BCUT2D eigenvalue weighted by molar-refractivity contribution is 5.93. The first-order chi connectivity index (χ1) is 31.2. The van der Waals surface area contributed by atoms with Gasteiger partial charge in [0.25, 0.3) is 0 Å². The molecule has 6 atom stereocenters. The van der Waals surface area contributed by atoms with E-state index >= 15 is 0 Å². The van der Waals surface area contributed by atoms with Crippen LogP contribution in [0.3, 0.4) is 0 Å². The monoisotopic (exact) mass is 900 g/mol. The Morgan fingerprint density at radius 3 is 1.23 bits per heavy atom. The number of carboxylic acids is 1. The molecule has 3 heterocycles. The van der Waals surface area contributed by atoms with Crippen LogP contribution in [0.2, 0.25) is 0 Å². The first-order valence-electron chi connectivity index (χ1n) is 23.1. The topological polar surface area (TPSA) is 263 Å². The maximum atomic E-state index is 12.7. The zero-order valence-corrected chi connectivity index (χ0v) is 36.6. The van der Waals surface area contributed by atoms with Crippen molar-refractivity contribution >= 4 is 41.2 Å². The summed E-state index contributed by atoms with van der Waals surface area (Å²) in [6, 6.07) is -0.190. The zero-order valence-electron chi connectivity index (χ0n) is 36.6. The molecule has 0 amide bonds. The number of rotatable bonds is 6. The lowest BCUT2D eigenvalue weighted by Crippen LogP contribution is -2.55. The lowest BCUT2D eigenvalue weighted by Gasteiger charge is -2.54. The molecule has 12 aliphatic rings. The van der Waals surface area contributed by atoms with E-state index in [1.54, 1.807) is 48.1 Å². The van der Waals surface area contributed by atoms with E-state index in [9.17, 15) is 38.7 Å². The van der Waals surface area contributed by atoms with Crippen LogP contribution in [-0.2, 0) is 28.7 Å². The van der Waals surface area contributed by atoms with Crippen LogP contribution in [0.15, 0.2) is 56.2 Å². The van der Waals surface area contributed by atoms with Crippen molar-refractivity contribution in [3.05, 3.63) is 56.2 Å². The van der Waals surface area contributed by atoms with Crippen molar-refractivity contribution in [2.24, 2.45) is 69.5 Å². The van der Waals surface area contributed by atoms with Crippen LogP contribution < -0.4 is 0 Å². The smallest absolute Gasteiger partial charge is 0.338 e. The summed E-state index contributed by atoms with van der Waals surface area (Å²) in [5.41, 5.74) is -1.20. The first-order valence-corrected chi connectivity index (χ1v) is 23.1. The third kappa shape index (κ3) is 9.17. The largest absolute Gasteiger partial charge is 0.481 e. The molecule has 0 saturated heterocycles. The van der Waals surface area contributed by atoms with Crippen LogP contribution in [0.1, 0.15) is 101 Å². The van der Waals surface area contributed by atoms with Crippen LogP contribution in [-0.4, -0.2) is 117 Å². The van der Waals surface area contributed by atoms with Gasteiger partial charge in [0.1, 0.15) is 42.9 Å². The van der Waals surface area contributed by atoms with Crippen LogP contribution in [0.4, 0.5) is 4.79 Å². The van der Waals surface area contributed by atoms with Gasteiger partial charge in [-0.05, 0) is 114 Å². The summed E-state index contributed by atoms with van der Waals surface area (Å²) in [5, 5.41) is 33.2. The summed E-state index contributed by atoms with van der Waals surface area (Å²) in [6.07, 6.45) is 26.9. The molecule has 18 nitrogen and oxygen atoms in total. The van der Waals surface area contributed by atoms with Crippen molar-refractivity contribution in [2.45, 2.75) is 96.3 Å². The molecule has 6 unspecified atom stereocenters. The molecule has 0 aliphatic heterocycles. The number of ketones is 3. The Labute approximate surface area is 376 Å². The van der Waals surface area contributed by atoms with Gasteiger partial charge in [-0.15, -0.1) is 0 Å². The SMILES string of the molecule is O=C(n1ccnc1)n1ccnc1.O=C1C2CC3CC1CC(C(=O)O)(C3)C2.O=C1C2CC3CC1CC(C(=O)OCCO)(C3)C2.O=C1C2CC3CC1CC(C(=O)n1ccnc1)(C3)C2.OCCO. The fourth-order valence-corrected chi connectivity index (χ4v) is 13.8. The normalized spacial score (nSPS) is 35.7. The molecule has 12 saturated carbocycles. The molecular formula is C47H60N6O12. The molecule has 0 radical (unpaired) electrons. The number of aliphatic carboxylic acids is 1. The molecule has 3 aromatic heterocycles. The molecule has 0 spiro atoms. The van der Waals surface area contributed by atoms with E-state index < -0.39 is 16.8 Å². The molecule has 0 aromatic carbocycles. The molecule has 12 bridgehead atoms. The number of carbonyl (C=O) groups excluding carboxylic acids is 6. The minimum Gasteiger partial charge on any atom is -0.481 e. The first kappa shape index (κ1) is 46.3. The van der Waals surface area contributed by atoms with Gasteiger partial charge < -0.3 is 25.2 Å².